The Kier molecular flexibility index (Phi) is 8.17. The zero-order valence-electron chi connectivity index (χ0n) is 15.6. The third kappa shape index (κ3) is 6.28. The van der Waals surface area contributed by atoms with Crippen molar-refractivity contribution in [3.05, 3.63) is 35.1 Å². The third-order valence-corrected chi connectivity index (χ3v) is 4.63. The van der Waals surface area contributed by atoms with E-state index in [0.29, 0.717) is 27.8 Å². The molecule has 1 aromatic heterocycles. The molecule has 1 fully saturated rings. The average molecular weight is 407 g/mol. The minimum absolute atomic E-state index is 0.137. The molecule has 0 spiro atoms. The molecule has 27 heavy (non-hydrogen) atoms. The number of thioether (sulfide) groups is 1. The lowest BCUT2D eigenvalue weighted by Gasteiger charge is -2.11. The van der Waals surface area contributed by atoms with E-state index < -0.39 is 0 Å². The Morgan fingerprint density at radius 2 is 2.19 bits per heavy atom. The summed E-state index contributed by atoms with van der Waals surface area (Å²) < 4.78 is 5.08. The van der Waals surface area contributed by atoms with Crippen LogP contribution < -0.4 is 10.7 Å². The lowest BCUT2D eigenvalue weighted by atomic mass is 10.0. The van der Waals surface area contributed by atoms with Gasteiger partial charge in [-0.2, -0.15) is 5.10 Å². The van der Waals surface area contributed by atoms with Crippen LogP contribution in [0.15, 0.2) is 23.9 Å². The van der Waals surface area contributed by atoms with Crippen LogP contribution in [-0.4, -0.2) is 35.1 Å². The Hall–Kier alpha value is -2.01. The first-order valence-corrected chi connectivity index (χ1v) is 9.97. The summed E-state index contributed by atoms with van der Waals surface area (Å²) in [4.78, 5) is 16.6. The maximum Gasteiger partial charge on any atom is 0.259 e. The van der Waals surface area contributed by atoms with Gasteiger partial charge in [-0.05, 0) is 41.8 Å². The van der Waals surface area contributed by atoms with Crippen molar-refractivity contribution in [1.82, 2.24) is 15.7 Å². The van der Waals surface area contributed by atoms with Gasteiger partial charge in [0, 0.05) is 19.2 Å². The summed E-state index contributed by atoms with van der Waals surface area (Å²) in [6, 6.07) is 1.60. The van der Waals surface area contributed by atoms with Crippen LogP contribution in [0.4, 0.5) is 0 Å². The molecule has 0 aromatic carbocycles. The van der Waals surface area contributed by atoms with Crippen molar-refractivity contribution >= 4 is 40.0 Å². The predicted octanol–water partition coefficient (Wildman–Crippen LogP) is 3.50. The SMILES string of the molecule is C=C(COC)c1cc(Cl)ncc1C(=O)NC1=NNC(C#CC2CC2)S1.CC. The van der Waals surface area contributed by atoms with Crippen molar-refractivity contribution in [2.24, 2.45) is 11.0 Å². The van der Waals surface area contributed by atoms with Gasteiger partial charge in [0.15, 0.2) is 10.5 Å². The molecule has 0 bridgehead atoms. The number of halogens is 1. The molecule has 1 atom stereocenters. The summed E-state index contributed by atoms with van der Waals surface area (Å²) in [5.41, 5.74) is 4.51. The van der Waals surface area contributed by atoms with Crippen LogP contribution in [0.1, 0.15) is 42.6 Å². The van der Waals surface area contributed by atoms with E-state index in [1.54, 1.807) is 13.2 Å². The highest BCUT2D eigenvalue weighted by Gasteiger charge is 2.23. The minimum Gasteiger partial charge on any atom is -0.380 e. The molecule has 2 heterocycles. The second-order valence-electron chi connectivity index (χ2n) is 5.65. The maximum absolute atomic E-state index is 12.6. The summed E-state index contributed by atoms with van der Waals surface area (Å²) >= 11 is 7.31. The van der Waals surface area contributed by atoms with Crippen molar-refractivity contribution in [1.29, 1.82) is 0 Å². The zero-order valence-corrected chi connectivity index (χ0v) is 17.2. The number of amides is 1. The van der Waals surface area contributed by atoms with Crippen molar-refractivity contribution in [2.75, 3.05) is 13.7 Å². The molecule has 8 heteroatoms. The Bertz CT molecular complexity index is 797. The van der Waals surface area contributed by atoms with Crippen LogP contribution in [-0.2, 0) is 4.74 Å². The van der Waals surface area contributed by atoms with Crippen LogP contribution in [0, 0.1) is 17.8 Å². The van der Waals surface area contributed by atoms with Gasteiger partial charge in [-0.15, -0.1) is 0 Å². The quantitative estimate of drug-likeness (QED) is 0.591. The summed E-state index contributed by atoms with van der Waals surface area (Å²) in [5, 5.41) is 7.49. The zero-order chi connectivity index (χ0) is 19.8. The number of rotatable bonds is 4. The molecule has 1 aromatic rings. The fraction of sp³-hybridized carbons (Fsp3) is 0.421. The third-order valence-electron chi connectivity index (χ3n) is 3.54. The number of nitrogens with zero attached hydrogens (tertiary/aromatic N) is 2. The summed E-state index contributed by atoms with van der Waals surface area (Å²) in [7, 11) is 1.56. The number of ether oxygens (including phenoxy) is 1. The first kappa shape index (κ1) is 21.3. The summed E-state index contributed by atoms with van der Waals surface area (Å²) in [6.07, 6.45) is 3.77. The van der Waals surface area contributed by atoms with Crippen LogP contribution in [0.3, 0.4) is 0 Å². The molecule has 144 valence electrons. The number of hydrogen-bond donors (Lipinski definition) is 2. The maximum atomic E-state index is 12.6. The molecule has 6 nitrogen and oxygen atoms in total. The van der Waals surface area contributed by atoms with E-state index in [4.69, 9.17) is 16.3 Å². The van der Waals surface area contributed by atoms with Crippen molar-refractivity contribution in [3.8, 4) is 11.8 Å². The number of pyridine rings is 1. The van der Waals surface area contributed by atoms with E-state index in [1.165, 1.54) is 30.8 Å². The lowest BCUT2D eigenvalue weighted by Crippen LogP contribution is -2.28. The number of carbonyl (C=O) groups is 1. The number of methoxy groups -OCH3 is 1. The van der Waals surface area contributed by atoms with Crippen molar-refractivity contribution in [3.63, 3.8) is 0 Å². The topological polar surface area (TPSA) is 75.6 Å². The van der Waals surface area contributed by atoms with Gasteiger partial charge < -0.3 is 4.74 Å². The van der Waals surface area contributed by atoms with Gasteiger partial charge in [0.2, 0.25) is 0 Å². The van der Waals surface area contributed by atoms with Gasteiger partial charge in [0.1, 0.15) is 5.15 Å². The second-order valence-corrected chi connectivity index (χ2v) is 7.13. The molecule has 1 saturated carbocycles. The fourth-order valence-electron chi connectivity index (χ4n) is 2.14. The second kappa shape index (κ2) is 10.4. The number of hydrazone groups is 1. The predicted molar refractivity (Wildman–Crippen MR) is 111 cm³/mol. The highest BCUT2D eigenvalue weighted by Crippen LogP contribution is 2.28. The smallest absolute Gasteiger partial charge is 0.259 e. The highest BCUT2D eigenvalue weighted by molar-refractivity contribution is 8.14. The molecule has 1 aliphatic heterocycles. The first-order valence-electron chi connectivity index (χ1n) is 8.71. The molecule has 2 aliphatic rings. The monoisotopic (exact) mass is 406 g/mol. The fourth-order valence-corrected chi connectivity index (χ4v) is 3.01. The van der Waals surface area contributed by atoms with Crippen LogP contribution >= 0.6 is 23.4 Å². The number of nitrogens with one attached hydrogen (secondary N) is 2. The minimum atomic E-state index is -0.333. The van der Waals surface area contributed by atoms with E-state index in [-0.39, 0.29) is 23.0 Å². The van der Waals surface area contributed by atoms with Gasteiger partial charge in [-0.3, -0.25) is 15.5 Å². The van der Waals surface area contributed by atoms with Gasteiger partial charge in [-0.1, -0.05) is 43.9 Å². The van der Waals surface area contributed by atoms with E-state index in [1.807, 2.05) is 13.8 Å². The standard InChI is InChI=1S/C17H17ClN4O2S.C2H6/c1-10(9-24-2)12-7-14(18)19-8-13(12)16(23)20-17-22-21-15(25-17)6-5-11-3-4-11;1-2/h7-8,11,15,21H,1,3-4,9H2,2H3,(H,20,22,23);1-2H3. The Morgan fingerprint density at radius 3 is 2.85 bits per heavy atom. The number of aromatic nitrogens is 1. The number of hydrogen-bond acceptors (Lipinski definition) is 6. The molecule has 0 radical (unpaired) electrons. The summed E-state index contributed by atoms with van der Waals surface area (Å²) in [5.74, 6) is 6.49. The van der Waals surface area contributed by atoms with Crippen LogP contribution in [0.5, 0.6) is 0 Å². The molecular formula is C19H23ClN4O2S. The first-order chi connectivity index (χ1) is 13.1. The van der Waals surface area contributed by atoms with E-state index in [9.17, 15) is 4.79 Å². The van der Waals surface area contributed by atoms with E-state index in [2.05, 4.69) is 39.2 Å². The highest BCUT2D eigenvalue weighted by atomic mass is 35.5. The molecule has 3 rings (SSSR count). The average Bonchev–Trinajstić information content (AvgIpc) is 3.40. The lowest BCUT2D eigenvalue weighted by molar-refractivity contribution is 0.0977. The Balaban J connectivity index is 0.00000126. The molecule has 0 saturated heterocycles. The van der Waals surface area contributed by atoms with Crippen LogP contribution in [0.2, 0.25) is 5.15 Å². The molecule has 1 unspecified atom stereocenters. The largest absolute Gasteiger partial charge is 0.380 e. The molecule has 2 N–H and O–H groups in total. The van der Waals surface area contributed by atoms with Gasteiger partial charge in [-0.25, -0.2) is 4.98 Å². The van der Waals surface area contributed by atoms with Gasteiger partial charge in [0.05, 0.1) is 12.2 Å². The van der Waals surface area contributed by atoms with Crippen molar-refractivity contribution < 1.29 is 9.53 Å². The van der Waals surface area contributed by atoms with E-state index >= 15 is 0 Å². The van der Waals surface area contributed by atoms with Crippen LogP contribution in [0.25, 0.3) is 5.57 Å². The number of amidine groups is 1. The van der Waals surface area contributed by atoms with E-state index in [0.717, 1.165) is 0 Å². The normalized spacial score (nSPS) is 17.5. The molecule has 1 amide bonds. The summed E-state index contributed by atoms with van der Waals surface area (Å²) in [6.45, 7) is 8.22. The molecule has 1 aliphatic carbocycles. The Morgan fingerprint density at radius 1 is 1.44 bits per heavy atom. The molecular weight excluding hydrogens is 384 g/mol. The van der Waals surface area contributed by atoms with Gasteiger partial charge >= 0.3 is 0 Å². The Labute approximate surface area is 169 Å². The van der Waals surface area contributed by atoms with Gasteiger partial charge in [0.25, 0.3) is 5.91 Å². The van der Waals surface area contributed by atoms with Crippen molar-refractivity contribution in [2.45, 2.75) is 32.1 Å². The number of carbonyl (C=O) groups excluding carboxylic acids is 1.